The summed E-state index contributed by atoms with van der Waals surface area (Å²) in [6, 6.07) is 15.5. The summed E-state index contributed by atoms with van der Waals surface area (Å²) in [6.07, 6.45) is 3.10. The van der Waals surface area contributed by atoms with Crippen molar-refractivity contribution >= 4 is 23.2 Å². The van der Waals surface area contributed by atoms with E-state index in [-0.39, 0.29) is 6.04 Å². The van der Waals surface area contributed by atoms with Crippen molar-refractivity contribution in [2.45, 2.75) is 13.0 Å². The maximum Gasteiger partial charge on any atom is 0.324 e. The third-order valence-electron chi connectivity index (χ3n) is 4.56. The third kappa shape index (κ3) is 6.42. The Bertz CT molecular complexity index is 993. The van der Waals surface area contributed by atoms with Gasteiger partial charge in [-0.2, -0.15) is 0 Å². The van der Waals surface area contributed by atoms with Gasteiger partial charge in [-0.25, -0.2) is 9.78 Å². The number of carbonyl (C=O) groups is 1. The van der Waals surface area contributed by atoms with Gasteiger partial charge in [0.25, 0.3) is 0 Å². The van der Waals surface area contributed by atoms with Crippen LogP contribution in [-0.2, 0) is 0 Å². The van der Waals surface area contributed by atoms with E-state index in [1.165, 1.54) is 11.8 Å². The second kappa shape index (κ2) is 10.4. The molecule has 8 heteroatoms. The lowest BCUT2D eigenvalue weighted by Crippen LogP contribution is -2.25. The molecular weight excluding hydrogens is 392 g/mol. The SMILES string of the molecule is COc1cc(NC(CN(C)C)c2ccccc2)ccc1NC(=O)Nc1cnc(C)cn1. The average molecular weight is 421 g/mol. The summed E-state index contributed by atoms with van der Waals surface area (Å²) < 4.78 is 5.50. The lowest BCUT2D eigenvalue weighted by molar-refractivity contribution is 0.262. The number of likely N-dealkylation sites (N-methyl/N-ethyl adjacent to an activating group) is 1. The Balaban J connectivity index is 1.72. The monoisotopic (exact) mass is 420 g/mol. The van der Waals surface area contributed by atoms with Crippen LogP contribution in [0.15, 0.2) is 60.9 Å². The molecule has 3 aromatic rings. The zero-order valence-corrected chi connectivity index (χ0v) is 18.2. The fraction of sp³-hybridized carbons (Fsp3) is 0.261. The van der Waals surface area contributed by atoms with Crippen molar-refractivity contribution in [2.75, 3.05) is 43.7 Å². The van der Waals surface area contributed by atoms with E-state index in [2.05, 4.69) is 43.0 Å². The Morgan fingerprint density at radius 3 is 2.48 bits per heavy atom. The van der Waals surface area contributed by atoms with E-state index < -0.39 is 6.03 Å². The van der Waals surface area contributed by atoms with Crippen LogP contribution < -0.4 is 20.7 Å². The van der Waals surface area contributed by atoms with Crippen molar-refractivity contribution in [2.24, 2.45) is 0 Å². The second-order valence-electron chi connectivity index (χ2n) is 7.41. The van der Waals surface area contributed by atoms with Crippen molar-refractivity contribution in [1.29, 1.82) is 0 Å². The number of ether oxygens (including phenoxy) is 1. The number of nitrogens with zero attached hydrogens (tertiary/aromatic N) is 3. The standard InChI is InChI=1S/C23H28N6O2/c1-16-13-25-22(14-24-16)28-23(30)27-19-11-10-18(12-21(19)31-4)26-20(15-29(2)3)17-8-6-5-7-9-17/h5-14,20,26H,15H2,1-4H3,(H2,25,27,28,30). The molecule has 31 heavy (non-hydrogen) atoms. The molecule has 2 aromatic carbocycles. The van der Waals surface area contributed by atoms with Gasteiger partial charge in [-0.1, -0.05) is 30.3 Å². The first-order valence-corrected chi connectivity index (χ1v) is 9.95. The fourth-order valence-corrected chi connectivity index (χ4v) is 3.10. The number of urea groups is 1. The van der Waals surface area contributed by atoms with E-state index in [4.69, 9.17) is 4.74 Å². The van der Waals surface area contributed by atoms with Gasteiger partial charge >= 0.3 is 6.03 Å². The van der Waals surface area contributed by atoms with E-state index >= 15 is 0 Å². The quantitative estimate of drug-likeness (QED) is 0.507. The largest absolute Gasteiger partial charge is 0.494 e. The van der Waals surface area contributed by atoms with Crippen molar-refractivity contribution in [1.82, 2.24) is 14.9 Å². The number of aryl methyl sites for hydroxylation is 1. The van der Waals surface area contributed by atoms with Crippen LogP contribution in [0.1, 0.15) is 17.3 Å². The molecule has 1 unspecified atom stereocenters. The van der Waals surface area contributed by atoms with Gasteiger partial charge in [-0.3, -0.25) is 10.3 Å². The summed E-state index contributed by atoms with van der Waals surface area (Å²) in [5.74, 6) is 0.918. The average Bonchev–Trinajstić information content (AvgIpc) is 2.76. The highest BCUT2D eigenvalue weighted by atomic mass is 16.5. The minimum Gasteiger partial charge on any atom is -0.494 e. The number of rotatable bonds is 8. The molecule has 1 aromatic heterocycles. The highest BCUT2D eigenvalue weighted by Crippen LogP contribution is 2.30. The zero-order valence-electron chi connectivity index (χ0n) is 18.2. The first-order valence-electron chi connectivity index (χ1n) is 9.95. The highest BCUT2D eigenvalue weighted by Gasteiger charge is 2.14. The van der Waals surface area contributed by atoms with Crippen LogP contribution in [-0.4, -0.2) is 48.6 Å². The fourth-order valence-electron chi connectivity index (χ4n) is 3.10. The molecule has 0 saturated carbocycles. The molecule has 162 valence electrons. The number of amides is 2. The van der Waals surface area contributed by atoms with Gasteiger partial charge < -0.3 is 20.3 Å². The molecular formula is C23H28N6O2. The predicted molar refractivity (Wildman–Crippen MR) is 124 cm³/mol. The Labute approximate surface area is 182 Å². The number of aromatic nitrogens is 2. The van der Waals surface area contributed by atoms with Crippen LogP contribution in [0.2, 0.25) is 0 Å². The van der Waals surface area contributed by atoms with Gasteiger partial charge in [0.1, 0.15) is 5.75 Å². The highest BCUT2D eigenvalue weighted by molar-refractivity contribution is 6.00. The molecule has 0 spiro atoms. The number of hydrogen-bond acceptors (Lipinski definition) is 6. The van der Waals surface area contributed by atoms with Crippen molar-refractivity contribution < 1.29 is 9.53 Å². The maximum absolute atomic E-state index is 12.3. The number of carbonyl (C=O) groups excluding carboxylic acids is 1. The lowest BCUT2D eigenvalue weighted by Gasteiger charge is -2.24. The summed E-state index contributed by atoms with van der Waals surface area (Å²) in [4.78, 5) is 22.7. The summed E-state index contributed by atoms with van der Waals surface area (Å²) >= 11 is 0. The number of anilines is 3. The maximum atomic E-state index is 12.3. The van der Waals surface area contributed by atoms with E-state index in [1.54, 1.807) is 19.4 Å². The summed E-state index contributed by atoms with van der Waals surface area (Å²) in [6.45, 7) is 2.66. The van der Waals surface area contributed by atoms with E-state index in [9.17, 15) is 4.79 Å². The third-order valence-corrected chi connectivity index (χ3v) is 4.56. The Hall–Kier alpha value is -3.65. The first-order chi connectivity index (χ1) is 14.9. The van der Waals surface area contributed by atoms with Crippen LogP contribution in [0.3, 0.4) is 0 Å². The van der Waals surface area contributed by atoms with Crippen LogP contribution in [0.25, 0.3) is 0 Å². The van der Waals surface area contributed by atoms with Gasteiger partial charge in [0, 0.05) is 18.3 Å². The zero-order chi connectivity index (χ0) is 22.2. The number of hydrogen-bond donors (Lipinski definition) is 3. The second-order valence-corrected chi connectivity index (χ2v) is 7.41. The minimum absolute atomic E-state index is 0.100. The van der Waals surface area contributed by atoms with Crippen LogP contribution in [0.4, 0.5) is 22.0 Å². The van der Waals surface area contributed by atoms with E-state index in [0.29, 0.717) is 17.3 Å². The molecule has 0 aliphatic heterocycles. The van der Waals surface area contributed by atoms with Gasteiger partial charge in [0.15, 0.2) is 5.82 Å². The smallest absolute Gasteiger partial charge is 0.324 e. The van der Waals surface area contributed by atoms with Crippen molar-refractivity contribution in [3.8, 4) is 5.75 Å². The van der Waals surface area contributed by atoms with Gasteiger partial charge in [0.05, 0.1) is 36.9 Å². The molecule has 0 bridgehead atoms. The Morgan fingerprint density at radius 2 is 1.84 bits per heavy atom. The number of benzene rings is 2. The molecule has 2 amide bonds. The van der Waals surface area contributed by atoms with Gasteiger partial charge in [-0.05, 0) is 38.7 Å². The summed E-state index contributed by atoms with van der Waals surface area (Å²) in [5.41, 5.74) is 3.41. The Kier molecular flexibility index (Phi) is 7.40. The Morgan fingerprint density at radius 1 is 1.06 bits per heavy atom. The predicted octanol–water partition coefficient (Wildman–Crippen LogP) is 4.15. The van der Waals surface area contributed by atoms with Crippen LogP contribution in [0.5, 0.6) is 5.75 Å². The number of nitrogens with one attached hydrogen (secondary N) is 3. The van der Waals surface area contributed by atoms with Crippen LogP contribution >= 0.6 is 0 Å². The minimum atomic E-state index is -0.424. The van der Waals surface area contributed by atoms with Gasteiger partial charge in [0.2, 0.25) is 0 Å². The topological polar surface area (TPSA) is 91.4 Å². The van der Waals surface area contributed by atoms with Crippen molar-refractivity contribution in [3.05, 3.63) is 72.2 Å². The van der Waals surface area contributed by atoms with Crippen molar-refractivity contribution in [3.63, 3.8) is 0 Å². The summed E-state index contributed by atoms with van der Waals surface area (Å²) in [7, 11) is 5.66. The van der Waals surface area contributed by atoms with Gasteiger partial charge in [-0.15, -0.1) is 0 Å². The molecule has 0 fully saturated rings. The molecule has 0 radical (unpaired) electrons. The molecule has 0 aliphatic carbocycles. The van der Waals surface area contributed by atoms with E-state index in [1.807, 2.05) is 51.4 Å². The molecule has 0 aliphatic rings. The molecule has 3 rings (SSSR count). The lowest BCUT2D eigenvalue weighted by atomic mass is 10.1. The molecule has 3 N–H and O–H groups in total. The number of methoxy groups -OCH3 is 1. The first kappa shape index (κ1) is 22.0. The molecule has 1 atom stereocenters. The van der Waals surface area contributed by atoms with E-state index in [0.717, 1.165) is 17.9 Å². The summed E-state index contributed by atoms with van der Waals surface area (Å²) in [5, 5.41) is 9.01. The molecule has 8 nitrogen and oxygen atoms in total. The normalized spacial score (nSPS) is 11.6. The molecule has 0 saturated heterocycles. The molecule has 1 heterocycles. The van der Waals surface area contributed by atoms with Crippen LogP contribution in [0, 0.1) is 6.92 Å².